The van der Waals surface area contributed by atoms with E-state index in [2.05, 4.69) is 77.1 Å². The Labute approximate surface area is 263 Å². The van der Waals surface area contributed by atoms with Crippen LogP contribution in [0.5, 0.6) is 0 Å². The van der Waals surface area contributed by atoms with E-state index in [9.17, 15) is 5.26 Å². The highest BCUT2D eigenvalue weighted by molar-refractivity contribution is 7.84. The Morgan fingerprint density at radius 3 is 2.50 bits per heavy atom. The van der Waals surface area contributed by atoms with Crippen LogP contribution in [-0.2, 0) is 16.0 Å². The highest BCUT2D eigenvalue weighted by atomic mass is 31.2. The zero-order valence-electron chi connectivity index (χ0n) is 26.5. The molecule has 7 nitrogen and oxygen atoms in total. The maximum atomic E-state index is 10.3. The van der Waals surface area contributed by atoms with Gasteiger partial charge in [0.15, 0.2) is 0 Å². The molecule has 1 saturated carbocycles. The maximum absolute atomic E-state index is 10.3. The fourth-order valence-corrected chi connectivity index (χ4v) is 9.09. The van der Waals surface area contributed by atoms with Gasteiger partial charge in [-0.3, -0.25) is 4.90 Å². The third-order valence-corrected chi connectivity index (χ3v) is 11.9. The molecule has 2 N–H and O–H groups in total. The Kier molecular flexibility index (Phi) is 9.95. The largest absolute Gasteiger partial charge is 0.464 e. The van der Waals surface area contributed by atoms with Crippen LogP contribution in [0, 0.1) is 17.0 Å². The number of hydrogen-bond acceptors (Lipinski definition) is 7. The van der Waals surface area contributed by atoms with Gasteiger partial charge in [-0.1, -0.05) is 55.3 Å². The van der Waals surface area contributed by atoms with Gasteiger partial charge < -0.3 is 15.2 Å². The van der Waals surface area contributed by atoms with E-state index < -0.39 is 12.5 Å². The van der Waals surface area contributed by atoms with Gasteiger partial charge in [-0.25, -0.2) is 9.98 Å². The number of rotatable bonds is 8. The first-order valence-corrected chi connectivity index (χ1v) is 17.8. The molecule has 0 aromatic heterocycles. The first-order chi connectivity index (χ1) is 21.1. The smallest absolute Gasteiger partial charge is 0.242 e. The molecule has 1 aliphatic carbocycles. The second-order valence-electron chi connectivity index (χ2n) is 12.9. The molecule has 1 unspecified atom stereocenters. The molecule has 2 fully saturated rings. The summed E-state index contributed by atoms with van der Waals surface area (Å²) in [5.41, 5.74) is 11.0. The van der Waals surface area contributed by atoms with Gasteiger partial charge in [0.25, 0.3) is 0 Å². The molecule has 2 heterocycles. The highest BCUT2D eigenvalue weighted by Gasteiger charge is 2.36. The predicted octanol–water partition coefficient (Wildman–Crippen LogP) is 6.38. The Morgan fingerprint density at radius 1 is 1.16 bits per heavy atom. The summed E-state index contributed by atoms with van der Waals surface area (Å²) in [5.74, 6) is 4.15. The number of benzene rings is 2. The second-order valence-corrected chi connectivity index (χ2v) is 15.9. The number of morpholine rings is 1. The molecule has 1 atom stereocenters. The lowest BCUT2D eigenvalue weighted by atomic mass is 9.79. The standard InChI is InChI=1S/C36H46N5O2P/c1-6-39-35-33(26(2)38)40-34(36(3,4)43-35)31-16-14-30(15-17-31)29-12-10-27(11-13-29)24-44(5,25-37)32-9-7-8-28(22-32)23-41-18-20-42-21-19-41/h6-9,14-17,22,27,29H,1,5,10-13,18-21,23-24,38H2,2-4H3/b33-26-,39-35+/t27-,29-,44?. The summed E-state index contributed by atoms with van der Waals surface area (Å²) in [5, 5.41) is 11.5. The van der Waals surface area contributed by atoms with Crippen molar-refractivity contribution in [2.75, 3.05) is 32.5 Å². The Morgan fingerprint density at radius 2 is 1.86 bits per heavy atom. The lowest BCUT2D eigenvalue weighted by Crippen LogP contribution is -2.42. The average molecular weight is 612 g/mol. The van der Waals surface area contributed by atoms with E-state index in [4.69, 9.17) is 20.2 Å². The number of nitriles is 1. The van der Waals surface area contributed by atoms with Crippen LogP contribution in [0.2, 0.25) is 0 Å². The third kappa shape index (κ3) is 7.26. The number of allylic oxidation sites excluding steroid dienone is 1. The molecule has 2 aromatic rings. The van der Waals surface area contributed by atoms with Crippen LogP contribution in [0.25, 0.3) is 0 Å². The molecule has 3 aliphatic rings. The molecule has 2 aliphatic heterocycles. The van der Waals surface area contributed by atoms with Crippen LogP contribution in [0.15, 0.2) is 82.7 Å². The van der Waals surface area contributed by atoms with Crippen molar-refractivity contribution in [2.24, 2.45) is 21.6 Å². The lowest BCUT2D eigenvalue weighted by Gasteiger charge is -2.34. The quantitative estimate of drug-likeness (QED) is 0.350. The van der Waals surface area contributed by atoms with Crippen LogP contribution in [-0.4, -0.2) is 60.9 Å². The van der Waals surface area contributed by atoms with Gasteiger partial charge in [0, 0.05) is 44.0 Å². The summed E-state index contributed by atoms with van der Waals surface area (Å²) in [6, 6.07) is 17.4. The summed E-state index contributed by atoms with van der Waals surface area (Å²) < 4.78 is 11.7. The highest BCUT2D eigenvalue weighted by Crippen LogP contribution is 2.48. The number of nitrogens with two attached hydrogens (primary N) is 1. The van der Waals surface area contributed by atoms with Crippen molar-refractivity contribution in [1.82, 2.24) is 4.90 Å². The van der Waals surface area contributed by atoms with Gasteiger partial charge in [0.2, 0.25) is 5.90 Å². The van der Waals surface area contributed by atoms with E-state index in [0.717, 1.165) is 81.3 Å². The fraction of sp³-hybridized carbons (Fsp3) is 0.444. The normalized spacial score (nSPS) is 25.7. The number of hydrogen-bond donors (Lipinski definition) is 1. The molecule has 0 radical (unpaired) electrons. The first kappa shape index (κ1) is 32.0. The van der Waals surface area contributed by atoms with Crippen LogP contribution in [0.4, 0.5) is 0 Å². The van der Waals surface area contributed by atoms with E-state index in [0.29, 0.717) is 29.1 Å². The summed E-state index contributed by atoms with van der Waals surface area (Å²) in [6.07, 6.45) is 11.4. The molecule has 2 aromatic carbocycles. The molecule has 232 valence electrons. The first-order valence-electron chi connectivity index (χ1n) is 15.7. The molecule has 0 spiro atoms. The van der Waals surface area contributed by atoms with Crippen LogP contribution in [0.1, 0.15) is 69.1 Å². The molecule has 44 heavy (non-hydrogen) atoms. The zero-order chi connectivity index (χ0) is 31.3. The van der Waals surface area contributed by atoms with Crippen molar-refractivity contribution in [3.63, 3.8) is 0 Å². The van der Waals surface area contributed by atoms with E-state index in [1.807, 2.05) is 13.8 Å². The number of aliphatic imine (C=N–C) groups is 2. The van der Waals surface area contributed by atoms with Gasteiger partial charge in [-0.05, 0) is 87.0 Å². The molecule has 1 saturated heterocycles. The van der Waals surface area contributed by atoms with Gasteiger partial charge in [-0.15, -0.1) is 0 Å². The minimum atomic E-state index is -2.14. The molecule has 0 bridgehead atoms. The van der Waals surface area contributed by atoms with Crippen molar-refractivity contribution in [3.8, 4) is 5.81 Å². The van der Waals surface area contributed by atoms with Crippen molar-refractivity contribution in [3.05, 3.63) is 89.4 Å². The Balaban J connectivity index is 1.23. The molecular formula is C36H46N5O2P. The van der Waals surface area contributed by atoms with Crippen LogP contribution >= 0.6 is 6.89 Å². The average Bonchev–Trinajstić information content (AvgIpc) is 3.02. The predicted molar refractivity (Wildman–Crippen MR) is 184 cm³/mol. The minimum absolute atomic E-state index is 0.396. The summed E-state index contributed by atoms with van der Waals surface area (Å²) in [7, 11) is 0. The van der Waals surface area contributed by atoms with E-state index in [-0.39, 0.29) is 0 Å². The molecule has 0 amide bonds. The van der Waals surface area contributed by atoms with E-state index in [1.54, 1.807) is 6.92 Å². The van der Waals surface area contributed by atoms with Crippen molar-refractivity contribution >= 4 is 30.1 Å². The third-order valence-electron chi connectivity index (χ3n) is 9.11. The molecule has 5 rings (SSSR count). The Hall–Kier alpha value is -3.43. The SMILES string of the molecule is C=C/N=C1/OC(C)(C)C(c2ccc([C@H]3CC[C@H](CP(=C)(C#N)c4cccc(CN5CCOCC5)c4)CC3)cc2)=N/C1=C(/C)N. The fourth-order valence-electron chi connectivity index (χ4n) is 6.65. The van der Waals surface area contributed by atoms with E-state index in [1.165, 1.54) is 17.3 Å². The van der Waals surface area contributed by atoms with Gasteiger partial charge >= 0.3 is 0 Å². The molecule has 8 heteroatoms. The minimum Gasteiger partial charge on any atom is -0.464 e. The summed E-state index contributed by atoms with van der Waals surface area (Å²) in [6.45, 7) is 11.7. The topological polar surface area (TPSA) is 96.2 Å². The van der Waals surface area contributed by atoms with Gasteiger partial charge in [0.1, 0.15) is 11.3 Å². The number of ether oxygens (including phenoxy) is 2. The Bertz CT molecular complexity index is 1530. The number of nitrogens with zero attached hydrogens (tertiary/aromatic N) is 4. The van der Waals surface area contributed by atoms with Gasteiger partial charge in [-0.2, -0.15) is 5.26 Å². The van der Waals surface area contributed by atoms with Crippen LogP contribution < -0.4 is 11.0 Å². The second kappa shape index (κ2) is 13.7. The lowest BCUT2D eigenvalue weighted by molar-refractivity contribution is 0.0342. The zero-order valence-corrected chi connectivity index (χ0v) is 27.4. The molecular weight excluding hydrogens is 565 g/mol. The van der Waals surface area contributed by atoms with E-state index >= 15 is 0 Å². The van der Waals surface area contributed by atoms with Crippen molar-refractivity contribution in [1.29, 1.82) is 5.26 Å². The van der Waals surface area contributed by atoms with Crippen molar-refractivity contribution in [2.45, 2.75) is 64.5 Å². The van der Waals surface area contributed by atoms with Crippen LogP contribution in [0.3, 0.4) is 0 Å². The monoisotopic (exact) mass is 611 g/mol. The van der Waals surface area contributed by atoms with Crippen molar-refractivity contribution < 1.29 is 9.47 Å². The van der Waals surface area contributed by atoms with Gasteiger partial charge in [0.05, 0.1) is 24.7 Å². The summed E-state index contributed by atoms with van der Waals surface area (Å²) >= 11 is 0. The summed E-state index contributed by atoms with van der Waals surface area (Å²) in [4.78, 5) is 11.6. The maximum Gasteiger partial charge on any atom is 0.242 e.